The first-order valence-corrected chi connectivity index (χ1v) is 11.4. The maximum Gasteiger partial charge on any atom is 0.417 e. The third-order valence-electron chi connectivity index (χ3n) is 7.21. The van der Waals surface area contributed by atoms with Crippen molar-refractivity contribution < 1.29 is 22.8 Å². The van der Waals surface area contributed by atoms with E-state index in [0.717, 1.165) is 11.6 Å². The molecule has 35 heavy (non-hydrogen) atoms. The van der Waals surface area contributed by atoms with E-state index in [0.29, 0.717) is 50.1 Å². The number of halogens is 3. The van der Waals surface area contributed by atoms with E-state index < -0.39 is 23.3 Å². The van der Waals surface area contributed by atoms with Gasteiger partial charge in [-0.1, -0.05) is 0 Å². The largest absolute Gasteiger partial charge is 0.417 e. The third-order valence-corrected chi connectivity index (χ3v) is 7.21. The van der Waals surface area contributed by atoms with E-state index in [1.54, 1.807) is 23.2 Å². The highest BCUT2D eigenvalue weighted by molar-refractivity contribution is 5.98. The van der Waals surface area contributed by atoms with Gasteiger partial charge in [0, 0.05) is 44.8 Å². The summed E-state index contributed by atoms with van der Waals surface area (Å²) < 4.78 is 40.2. The zero-order chi connectivity index (χ0) is 25.4. The van der Waals surface area contributed by atoms with Crippen molar-refractivity contribution in [2.24, 2.45) is 5.41 Å². The number of nitrogens with one attached hydrogen (secondary N) is 1. The molecule has 2 aliphatic heterocycles. The summed E-state index contributed by atoms with van der Waals surface area (Å²) in [5.74, 6) is -0.480. The molecule has 0 saturated carbocycles. The van der Waals surface area contributed by atoms with Crippen molar-refractivity contribution in [3.63, 3.8) is 0 Å². The van der Waals surface area contributed by atoms with Crippen molar-refractivity contribution >= 4 is 17.5 Å². The summed E-state index contributed by atoms with van der Waals surface area (Å²) in [5, 5.41) is 11.7. The van der Waals surface area contributed by atoms with Gasteiger partial charge in [0.1, 0.15) is 6.04 Å². The number of hydrogen-bond donors (Lipinski definition) is 1. The molecule has 1 atom stereocenters. The Morgan fingerprint density at radius 3 is 2.54 bits per heavy atom. The number of carbonyl (C=O) groups is 2. The summed E-state index contributed by atoms with van der Waals surface area (Å²) in [7, 11) is 1.54. The van der Waals surface area contributed by atoms with E-state index in [4.69, 9.17) is 5.26 Å². The summed E-state index contributed by atoms with van der Waals surface area (Å²) in [4.78, 5) is 33.6. The lowest BCUT2D eigenvalue weighted by molar-refractivity contribution is -0.137. The number of aryl methyl sites for hydroxylation is 1. The monoisotopic (exact) mass is 485 g/mol. The van der Waals surface area contributed by atoms with Crippen molar-refractivity contribution in [1.29, 1.82) is 5.26 Å². The second kappa shape index (κ2) is 9.21. The summed E-state index contributed by atoms with van der Waals surface area (Å²) in [6.45, 7) is 3.18. The maximum absolute atomic E-state index is 13.4. The van der Waals surface area contributed by atoms with Crippen molar-refractivity contribution in [1.82, 2.24) is 15.2 Å². The van der Waals surface area contributed by atoms with Gasteiger partial charge in [0.05, 0.1) is 22.8 Å². The van der Waals surface area contributed by atoms with Gasteiger partial charge < -0.3 is 15.1 Å². The SMILES string of the molecule is CNC(=O)C1CC2(CCN(c3ccc(C#N)c(C(F)(F)F)c3)CC2)CN1C(=O)c1cnccc1C. The number of alkyl halides is 3. The lowest BCUT2D eigenvalue weighted by atomic mass is 9.76. The van der Waals surface area contributed by atoms with Crippen molar-refractivity contribution in [3.05, 3.63) is 58.9 Å². The van der Waals surface area contributed by atoms with Crippen LogP contribution in [-0.4, -0.2) is 54.4 Å². The molecule has 2 amide bonds. The van der Waals surface area contributed by atoms with Gasteiger partial charge in [-0.25, -0.2) is 0 Å². The predicted octanol–water partition coefficient (Wildman–Crippen LogP) is 3.53. The van der Waals surface area contributed by atoms with Gasteiger partial charge in [0.25, 0.3) is 5.91 Å². The van der Waals surface area contributed by atoms with Gasteiger partial charge in [-0.05, 0) is 61.4 Å². The van der Waals surface area contributed by atoms with Crippen LogP contribution in [0.5, 0.6) is 0 Å². The highest BCUT2D eigenvalue weighted by atomic mass is 19.4. The van der Waals surface area contributed by atoms with E-state index in [9.17, 15) is 22.8 Å². The second-order valence-electron chi connectivity index (χ2n) is 9.28. The van der Waals surface area contributed by atoms with E-state index in [1.165, 1.54) is 25.4 Å². The van der Waals surface area contributed by atoms with Crippen LogP contribution in [0.2, 0.25) is 0 Å². The van der Waals surface area contributed by atoms with Crippen molar-refractivity contribution in [2.75, 3.05) is 31.6 Å². The Morgan fingerprint density at radius 2 is 1.94 bits per heavy atom. The highest BCUT2D eigenvalue weighted by Crippen LogP contribution is 2.45. The normalized spacial score (nSPS) is 19.5. The van der Waals surface area contributed by atoms with Crippen LogP contribution in [0.25, 0.3) is 0 Å². The van der Waals surface area contributed by atoms with Gasteiger partial charge in [-0.15, -0.1) is 0 Å². The molecule has 2 aromatic rings. The number of likely N-dealkylation sites (N-methyl/N-ethyl adjacent to an activating group) is 1. The van der Waals surface area contributed by atoms with E-state index in [-0.39, 0.29) is 17.2 Å². The van der Waals surface area contributed by atoms with Gasteiger partial charge in [-0.2, -0.15) is 18.4 Å². The second-order valence-corrected chi connectivity index (χ2v) is 9.28. The fourth-order valence-electron chi connectivity index (χ4n) is 5.18. The number of carbonyl (C=O) groups excluding carboxylic acids is 2. The summed E-state index contributed by atoms with van der Waals surface area (Å²) >= 11 is 0. The number of likely N-dealkylation sites (tertiary alicyclic amines) is 1. The minimum Gasteiger partial charge on any atom is -0.371 e. The fraction of sp³-hybridized carbons (Fsp3) is 0.440. The summed E-state index contributed by atoms with van der Waals surface area (Å²) in [5.41, 5.74) is -0.0173. The number of amides is 2. The van der Waals surface area contributed by atoms with Crippen LogP contribution in [0.4, 0.5) is 18.9 Å². The Labute approximate surface area is 201 Å². The molecule has 1 unspecified atom stereocenters. The van der Waals surface area contributed by atoms with Crippen LogP contribution in [0.15, 0.2) is 36.7 Å². The Bertz CT molecular complexity index is 1180. The summed E-state index contributed by atoms with van der Waals surface area (Å²) in [6, 6.07) is 6.51. The molecule has 4 rings (SSSR count). The molecule has 1 aromatic heterocycles. The Balaban J connectivity index is 1.54. The topological polar surface area (TPSA) is 89.3 Å². The highest BCUT2D eigenvalue weighted by Gasteiger charge is 2.50. The van der Waals surface area contributed by atoms with Crippen LogP contribution in [0.3, 0.4) is 0 Å². The first-order chi connectivity index (χ1) is 16.6. The first-order valence-electron chi connectivity index (χ1n) is 11.4. The molecule has 10 heteroatoms. The molecule has 2 fully saturated rings. The average Bonchev–Trinajstić information content (AvgIpc) is 3.22. The first kappa shape index (κ1) is 24.5. The lowest BCUT2D eigenvalue weighted by Crippen LogP contribution is -2.45. The Hall–Kier alpha value is -3.61. The number of nitriles is 1. The Morgan fingerprint density at radius 1 is 1.23 bits per heavy atom. The molecule has 0 radical (unpaired) electrons. The molecule has 0 aliphatic carbocycles. The minimum absolute atomic E-state index is 0.235. The molecule has 1 N–H and O–H groups in total. The van der Waals surface area contributed by atoms with Crippen molar-refractivity contribution in [3.8, 4) is 6.07 Å². The smallest absolute Gasteiger partial charge is 0.371 e. The van der Waals surface area contributed by atoms with Crippen LogP contribution in [0, 0.1) is 23.7 Å². The van der Waals surface area contributed by atoms with Gasteiger partial charge in [0.15, 0.2) is 0 Å². The van der Waals surface area contributed by atoms with Crippen molar-refractivity contribution in [2.45, 2.75) is 38.4 Å². The maximum atomic E-state index is 13.4. The van der Waals surface area contributed by atoms with E-state index >= 15 is 0 Å². The van der Waals surface area contributed by atoms with Crippen LogP contribution < -0.4 is 10.2 Å². The van der Waals surface area contributed by atoms with E-state index in [2.05, 4.69) is 10.3 Å². The molecular formula is C25H26F3N5O2. The molecular weight excluding hydrogens is 459 g/mol. The molecule has 7 nitrogen and oxygen atoms in total. The predicted molar refractivity (Wildman–Crippen MR) is 123 cm³/mol. The third kappa shape index (κ3) is 4.67. The van der Waals surface area contributed by atoms with Crippen LogP contribution in [-0.2, 0) is 11.0 Å². The zero-order valence-corrected chi connectivity index (χ0v) is 19.5. The number of pyridine rings is 1. The quantitative estimate of drug-likeness (QED) is 0.719. The minimum atomic E-state index is -4.62. The summed E-state index contributed by atoms with van der Waals surface area (Å²) in [6.07, 6.45) is 0.240. The van der Waals surface area contributed by atoms with Crippen LogP contribution >= 0.6 is 0 Å². The number of hydrogen-bond acceptors (Lipinski definition) is 5. The lowest BCUT2D eigenvalue weighted by Gasteiger charge is -2.40. The molecule has 2 saturated heterocycles. The number of rotatable bonds is 3. The molecule has 0 bridgehead atoms. The van der Waals surface area contributed by atoms with Gasteiger partial charge in [-0.3, -0.25) is 14.6 Å². The molecule has 184 valence electrons. The Kier molecular flexibility index (Phi) is 6.45. The number of anilines is 1. The fourth-order valence-corrected chi connectivity index (χ4v) is 5.18. The van der Waals surface area contributed by atoms with E-state index in [1.807, 2.05) is 11.8 Å². The molecule has 1 spiro atoms. The molecule has 3 heterocycles. The van der Waals surface area contributed by atoms with Gasteiger partial charge >= 0.3 is 6.18 Å². The van der Waals surface area contributed by atoms with Crippen LogP contribution in [0.1, 0.15) is 46.3 Å². The number of piperidine rings is 1. The molecule has 1 aromatic carbocycles. The van der Waals surface area contributed by atoms with Gasteiger partial charge in [0.2, 0.25) is 5.91 Å². The zero-order valence-electron chi connectivity index (χ0n) is 19.5. The standard InChI is InChI=1S/C25H26F3N5O2/c1-16-5-8-31-14-19(16)23(35)33-15-24(12-21(33)22(34)30-2)6-9-32(10-7-24)18-4-3-17(13-29)20(11-18)25(26,27)28/h3-5,8,11,14,21H,6-7,9-10,12,15H2,1-2H3,(H,30,34). The number of benzene rings is 1. The number of nitrogens with zero attached hydrogens (tertiary/aromatic N) is 4. The average molecular weight is 486 g/mol. The number of aromatic nitrogens is 1. The molecule has 2 aliphatic rings.